The van der Waals surface area contributed by atoms with Gasteiger partial charge in [-0.25, -0.2) is 14.8 Å². The first-order chi connectivity index (χ1) is 21.0. The van der Waals surface area contributed by atoms with Gasteiger partial charge in [0.1, 0.15) is 17.0 Å². The van der Waals surface area contributed by atoms with E-state index in [0.29, 0.717) is 35.1 Å². The zero-order chi connectivity index (χ0) is 31.6. The van der Waals surface area contributed by atoms with Gasteiger partial charge in [-0.15, -0.1) is 0 Å². The van der Waals surface area contributed by atoms with Gasteiger partial charge < -0.3 is 14.8 Å². The van der Waals surface area contributed by atoms with E-state index in [1.54, 1.807) is 30.0 Å². The standard InChI is InChI=1S/C35H41N5O4/c1-8-21-12-10-13-22(9-2)26(21)19-28(41)31-25-15-11-14-24-20-36-34(38-30(24)32(25)40(6)39-31)37-27-17-16-23(18-29(27)43-7)33(42)44-35(3,4)5/h10,12-13,16-18,20H,8-9,11,14-15,19H2,1-7H3,(H,36,37,38). The fraction of sp³-hybridized carbons (Fsp3) is 0.400. The molecule has 5 rings (SSSR count). The van der Waals surface area contributed by atoms with Gasteiger partial charge in [-0.05, 0) is 93.3 Å². The van der Waals surface area contributed by atoms with Gasteiger partial charge in [-0.1, -0.05) is 32.0 Å². The number of aryl methyl sites for hydroxylation is 4. The van der Waals surface area contributed by atoms with Crippen LogP contribution in [0.25, 0.3) is 11.4 Å². The number of rotatable bonds is 9. The number of fused-ring (bicyclic) bond motifs is 3. The number of aromatic nitrogens is 4. The number of esters is 1. The molecule has 2 aromatic carbocycles. The van der Waals surface area contributed by atoms with Crippen molar-refractivity contribution in [2.24, 2.45) is 7.05 Å². The number of hydrogen-bond acceptors (Lipinski definition) is 8. The molecule has 4 aromatic rings. The normalized spacial score (nSPS) is 12.6. The van der Waals surface area contributed by atoms with Crippen LogP contribution in [0.2, 0.25) is 0 Å². The summed E-state index contributed by atoms with van der Waals surface area (Å²) in [6.07, 6.45) is 6.33. The summed E-state index contributed by atoms with van der Waals surface area (Å²) in [5, 5.41) is 8.01. The lowest BCUT2D eigenvalue weighted by atomic mass is 9.92. The summed E-state index contributed by atoms with van der Waals surface area (Å²) >= 11 is 0. The molecule has 2 heterocycles. The maximum Gasteiger partial charge on any atom is 0.338 e. The van der Waals surface area contributed by atoms with Crippen molar-refractivity contribution in [2.75, 3.05) is 12.4 Å². The van der Waals surface area contributed by atoms with Crippen molar-refractivity contribution < 1.29 is 19.1 Å². The second kappa shape index (κ2) is 12.6. The smallest absolute Gasteiger partial charge is 0.338 e. The third-order valence-electron chi connectivity index (χ3n) is 7.92. The van der Waals surface area contributed by atoms with E-state index in [2.05, 4.69) is 42.3 Å². The molecule has 0 saturated heterocycles. The quantitative estimate of drug-likeness (QED) is 0.170. The summed E-state index contributed by atoms with van der Waals surface area (Å²) in [4.78, 5) is 35.9. The largest absolute Gasteiger partial charge is 0.495 e. The van der Waals surface area contributed by atoms with Crippen LogP contribution in [0.1, 0.15) is 89.7 Å². The van der Waals surface area contributed by atoms with E-state index in [-0.39, 0.29) is 5.78 Å². The molecule has 0 saturated carbocycles. The second-order valence-electron chi connectivity index (χ2n) is 12.1. The number of carbonyl (C=O) groups is 2. The molecule has 0 fully saturated rings. The highest BCUT2D eigenvalue weighted by atomic mass is 16.6. The molecule has 0 unspecified atom stereocenters. The number of ketones is 1. The molecule has 1 aliphatic carbocycles. The third kappa shape index (κ3) is 6.37. The maximum atomic E-state index is 13.8. The number of hydrogen-bond donors (Lipinski definition) is 1. The summed E-state index contributed by atoms with van der Waals surface area (Å²) in [7, 11) is 3.41. The fourth-order valence-electron chi connectivity index (χ4n) is 5.84. The van der Waals surface area contributed by atoms with Crippen LogP contribution >= 0.6 is 0 Å². The van der Waals surface area contributed by atoms with Crippen LogP contribution in [0.3, 0.4) is 0 Å². The minimum Gasteiger partial charge on any atom is -0.495 e. The van der Waals surface area contributed by atoms with Gasteiger partial charge in [0.25, 0.3) is 0 Å². The molecular formula is C35H41N5O4. The van der Waals surface area contributed by atoms with Gasteiger partial charge in [-0.3, -0.25) is 9.48 Å². The van der Waals surface area contributed by atoms with Crippen molar-refractivity contribution in [2.45, 2.75) is 78.7 Å². The Morgan fingerprint density at radius 1 is 1.05 bits per heavy atom. The molecule has 0 aliphatic heterocycles. The number of nitrogens with one attached hydrogen (secondary N) is 1. The van der Waals surface area contributed by atoms with E-state index < -0.39 is 11.6 Å². The first kappa shape index (κ1) is 30.9. The van der Waals surface area contributed by atoms with Crippen molar-refractivity contribution in [1.29, 1.82) is 0 Å². The van der Waals surface area contributed by atoms with Crippen LogP contribution in [0.4, 0.5) is 11.6 Å². The highest BCUT2D eigenvalue weighted by molar-refractivity contribution is 5.99. The Bertz CT molecular complexity index is 1690. The number of Topliss-reactive ketones (excluding diaryl/α,β-unsaturated/α-hetero) is 1. The van der Waals surface area contributed by atoms with Gasteiger partial charge in [0.05, 0.1) is 29.7 Å². The Morgan fingerprint density at radius 2 is 1.77 bits per heavy atom. The summed E-state index contributed by atoms with van der Waals surface area (Å²) in [5.74, 6) is 0.434. The lowest BCUT2D eigenvalue weighted by Crippen LogP contribution is -2.23. The predicted octanol–water partition coefficient (Wildman–Crippen LogP) is 6.62. The molecule has 0 amide bonds. The van der Waals surface area contributed by atoms with Crippen LogP contribution in [0, 0.1) is 0 Å². The van der Waals surface area contributed by atoms with Gasteiger partial charge in [-0.2, -0.15) is 5.10 Å². The second-order valence-corrected chi connectivity index (χ2v) is 12.1. The van der Waals surface area contributed by atoms with E-state index in [1.165, 1.54) is 11.1 Å². The van der Waals surface area contributed by atoms with Gasteiger partial charge in [0.15, 0.2) is 5.78 Å². The Balaban J connectivity index is 1.46. The van der Waals surface area contributed by atoms with Crippen LogP contribution in [-0.2, 0) is 43.9 Å². The van der Waals surface area contributed by atoms with Crippen LogP contribution in [0.5, 0.6) is 5.75 Å². The summed E-state index contributed by atoms with van der Waals surface area (Å²) in [6, 6.07) is 11.4. The molecule has 230 valence electrons. The molecule has 9 heteroatoms. The van der Waals surface area contributed by atoms with Gasteiger partial charge in [0.2, 0.25) is 5.95 Å². The Labute approximate surface area is 259 Å². The first-order valence-electron chi connectivity index (χ1n) is 15.3. The average Bonchev–Trinajstić information content (AvgIpc) is 3.20. The van der Waals surface area contributed by atoms with Crippen molar-refractivity contribution in [3.63, 3.8) is 0 Å². The minimum atomic E-state index is -0.607. The van der Waals surface area contributed by atoms with Gasteiger partial charge >= 0.3 is 5.97 Å². The van der Waals surface area contributed by atoms with Crippen molar-refractivity contribution >= 4 is 23.4 Å². The molecule has 0 radical (unpaired) electrons. The number of anilines is 2. The molecule has 1 aliphatic rings. The van der Waals surface area contributed by atoms with E-state index in [9.17, 15) is 9.59 Å². The number of carbonyl (C=O) groups excluding carboxylic acids is 2. The SMILES string of the molecule is CCc1cccc(CC)c1CC(=O)c1nn(C)c2c1CCCc1cnc(Nc3ccc(C(=O)OC(C)(C)C)cc3OC)nc1-2. The summed E-state index contributed by atoms with van der Waals surface area (Å²) in [5.41, 5.74) is 8.00. The zero-order valence-electron chi connectivity index (χ0n) is 26.7. The number of ether oxygens (including phenoxy) is 2. The molecular weight excluding hydrogens is 554 g/mol. The highest BCUT2D eigenvalue weighted by Gasteiger charge is 2.28. The summed E-state index contributed by atoms with van der Waals surface area (Å²) < 4.78 is 12.9. The van der Waals surface area contributed by atoms with Crippen LogP contribution < -0.4 is 10.1 Å². The van der Waals surface area contributed by atoms with Crippen LogP contribution in [-0.4, -0.2) is 44.2 Å². The Morgan fingerprint density at radius 3 is 2.43 bits per heavy atom. The van der Waals surface area contributed by atoms with Crippen LogP contribution in [0.15, 0.2) is 42.6 Å². The van der Waals surface area contributed by atoms with Gasteiger partial charge in [0, 0.05) is 25.2 Å². The lowest BCUT2D eigenvalue weighted by Gasteiger charge is -2.20. The van der Waals surface area contributed by atoms with E-state index in [0.717, 1.165) is 60.2 Å². The Kier molecular flexibility index (Phi) is 8.85. The van der Waals surface area contributed by atoms with E-state index in [1.807, 2.05) is 34.0 Å². The van der Waals surface area contributed by atoms with E-state index >= 15 is 0 Å². The van der Waals surface area contributed by atoms with Crippen molar-refractivity contribution in [3.05, 3.63) is 81.7 Å². The molecule has 0 atom stereocenters. The molecule has 9 nitrogen and oxygen atoms in total. The molecule has 0 spiro atoms. The average molecular weight is 596 g/mol. The number of methoxy groups -OCH3 is 1. The molecule has 44 heavy (non-hydrogen) atoms. The lowest BCUT2D eigenvalue weighted by molar-refractivity contribution is 0.00691. The molecule has 1 N–H and O–H groups in total. The van der Waals surface area contributed by atoms with E-state index in [4.69, 9.17) is 19.6 Å². The predicted molar refractivity (Wildman–Crippen MR) is 171 cm³/mol. The fourth-order valence-corrected chi connectivity index (χ4v) is 5.84. The van der Waals surface area contributed by atoms with Crippen molar-refractivity contribution in [1.82, 2.24) is 19.7 Å². The Hall–Kier alpha value is -4.53. The topological polar surface area (TPSA) is 108 Å². The zero-order valence-corrected chi connectivity index (χ0v) is 26.7. The van der Waals surface area contributed by atoms with Crippen molar-refractivity contribution in [3.8, 4) is 17.1 Å². The number of nitrogens with zero attached hydrogens (tertiary/aromatic N) is 4. The third-order valence-corrected chi connectivity index (χ3v) is 7.92. The molecule has 0 bridgehead atoms. The first-order valence-corrected chi connectivity index (χ1v) is 15.3. The monoisotopic (exact) mass is 595 g/mol. The molecule has 2 aromatic heterocycles. The minimum absolute atomic E-state index is 0.0307. The number of benzene rings is 2. The summed E-state index contributed by atoms with van der Waals surface area (Å²) in [6.45, 7) is 9.74. The highest BCUT2D eigenvalue weighted by Crippen LogP contribution is 2.35. The maximum absolute atomic E-state index is 13.8.